The summed E-state index contributed by atoms with van der Waals surface area (Å²) < 4.78 is 43.6. The molecule has 2 aliphatic heterocycles. The fraction of sp³-hybridized carbons (Fsp3) is 0.200. The maximum Gasteiger partial charge on any atom is 0.416 e. The summed E-state index contributed by atoms with van der Waals surface area (Å²) in [5.41, 5.74) is -0.0495. The van der Waals surface area contributed by atoms with Gasteiger partial charge in [-0.1, -0.05) is 12.1 Å². The number of nitrogens with zero attached hydrogens (tertiary/aromatic N) is 2. The summed E-state index contributed by atoms with van der Waals surface area (Å²) in [4.78, 5) is 36.9. The van der Waals surface area contributed by atoms with Gasteiger partial charge in [0.05, 0.1) is 21.8 Å². The lowest BCUT2D eigenvalue weighted by Crippen LogP contribution is -2.37. The zero-order valence-electron chi connectivity index (χ0n) is 15.2. The first-order chi connectivity index (χ1) is 14.2. The van der Waals surface area contributed by atoms with E-state index in [1.165, 1.54) is 23.1 Å². The van der Waals surface area contributed by atoms with Crippen LogP contribution in [0.3, 0.4) is 0 Å². The molecular weight excluding hydrogens is 405 g/mol. The molecule has 7 nitrogen and oxygen atoms in total. The van der Waals surface area contributed by atoms with E-state index in [4.69, 9.17) is 4.74 Å². The van der Waals surface area contributed by atoms with Crippen LogP contribution < -0.4 is 4.90 Å². The molecule has 0 N–H and O–H groups in total. The SMILES string of the molecule is O=C1OCC2=C1[C@@H](c1cccc([N+](=O)[O-])c1)CC(=O)N2c1ccc(C(F)(F)F)cc1. The molecule has 2 aromatic carbocycles. The highest BCUT2D eigenvalue weighted by Crippen LogP contribution is 2.42. The first-order valence-electron chi connectivity index (χ1n) is 8.81. The maximum absolute atomic E-state index is 12.9. The average Bonchev–Trinajstić information content (AvgIpc) is 3.08. The molecule has 0 aromatic heterocycles. The van der Waals surface area contributed by atoms with Gasteiger partial charge in [0, 0.05) is 30.2 Å². The molecule has 0 spiro atoms. The second-order valence-corrected chi connectivity index (χ2v) is 6.82. The highest BCUT2D eigenvalue weighted by molar-refractivity contribution is 6.06. The molecule has 0 bridgehead atoms. The van der Waals surface area contributed by atoms with Gasteiger partial charge in [-0.2, -0.15) is 13.2 Å². The minimum absolute atomic E-state index is 0.176. The zero-order chi connectivity index (χ0) is 21.6. The van der Waals surface area contributed by atoms with Gasteiger partial charge in [0.1, 0.15) is 6.61 Å². The maximum atomic E-state index is 12.9. The third-order valence-corrected chi connectivity index (χ3v) is 5.05. The van der Waals surface area contributed by atoms with Gasteiger partial charge < -0.3 is 4.74 Å². The van der Waals surface area contributed by atoms with Crippen molar-refractivity contribution < 1.29 is 32.4 Å². The second kappa shape index (κ2) is 6.97. The molecule has 2 aromatic rings. The van der Waals surface area contributed by atoms with E-state index in [2.05, 4.69) is 0 Å². The number of hydrogen-bond donors (Lipinski definition) is 0. The third kappa shape index (κ3) is 3.30. The number of hydrogen-bond acceptors (Lipinski definition) is 5. The van der Waals surface area contributed by atoms with Gasteiger partial charge in [-0.3, -0.25) is 19.8 Å². The molecule has 154 valence electrons. The van der Waals surface area contributed by atoms with E-state index in [1.807, 2.05) is 0 Å². The van der Waals surface area contributed by atoms with Gasteiger partial charge in [0.25, 0.3) is 5.69 Å². The second-order valence-electron chi connectivity index (χ2n) is 6.82. The molecule has 0 fully saturated rings. The number of cyclic esters (lactones) is 1. The van der Waals surface area contributed by atoms with Crippen LogP contribution in [-0.4, -0.2) is 23.4 Å². The van der Waals surface area contributed by atoms with Crippen LogP contribution >= 0.6 is 0 Å². The predicted molar refractivity (Wildman–Crippen MR) is 97.4 cm³/mol. The Hall–Kier alpha value is -3.69. The number of amides is 1. The van der Waals surface area contributed by atoms with Crippen LogP contribution in [-0.2, 0) is 20.5 Å². The van der Waals surface area contributed by atoms with Gasteiger partial charge in [0.15, 0.2) is 0 Å². The first-order valence-corrected chi connectivity index (χ1v) is 8.81. The van der Waals surface area contributed by atoms with Crippen molar-refractivity contribution in [2.45, 2.75) is 18.5 Å². The van der Waals surface area contributed by atoms with E-state index in [0.29, 0.717) is 5.56 Å². The van der Waals surface area contributed by atoms with Crippen LogP contribution in [0.15, 0.2) is 59.8 Å². The molecule has 0 unspecified atom stereocenters. The first kappa shape index (κ1) is 19.6. The predicted octanol–water partition coefficient (Wildman–Crippen LogP) is 3.95. The number of halogens is 3. The number of anilines is 1. The van der Waals surface area contributed by atoms with Crippen LogP contribution in [0.5, 0.6) is 0 Å². The van der Waals surface area contributed by atoms with E-state index >= 15 is 0 Å². The number of nitro groups is 1. The number of esters is 1. The highest BCUT2D eigenvalue weighted by atomic mass is 19.4. The van der Waals surface area contributed by atoms with Crippen molar-refractivity contribution in [3.05, 3.63) is 81.0 Å². The topological polar surface area (TPSA) is 89.7 Å². The van der Waals surface area contributed by atoms with Crippen molar-refractivity contribution in [2.24, 2.45) is 0 Å². The summed E-state index contributed by atoms with van der Waals surface area (Å²) in [5, 5.41) is 11.1. The molecular formula is C20H13F3N2O5. The quantitative estimate of drug-likeness (QED) is 0.428. The molecule has 1 amide bonds. The monoisotopic (exact) mass is 418 g/mol. The minimum Gasteiger partial charge on any atom is -0.456 e. The van der Waals surface area contributed by atoms with Crippen LogP contribution in [0, 0.1) is 10.1 Å². The van der Waals surface area contributed by atoms with Gasteiger partial charge in [-0.15, -0.1) is 0 Å². The number of nitro benzene ring substituents is 1. The molecule has 0 saturated heterocycles. The van der Waals surface area contributed by atoms with Crippen molar-refractivity contribution in [1.82, 2.24) is 0 Å². The Balaban J connectivity index is 1.77. The van der Waals surface area contributed by atoms with Crippen LogP contribution in [0.4, 0.5) is 24.5 Å². The van der Waals surface area contributed by atoms with Crippen LogP contribution in [0.25, 0.3) is 0 Å². The molecule has 4 rings (SSSR count). The number of carbonyl (C=O) groups is 2. The minimum atomic E-state index is -4.52. The van der Waals surface area contributed by atoms with E-state index in [0.717, 1.165) is 24.3 Å². The number of alkyl halides is 3. The summed E-state index contributed by atoms with van der Waals surface area (Å²) in [7, 11) is 0. The molecule has 10 heteroatoms. The summed E-state index contributed by atoms with van der Waals surface area (Å²) >= 11 is 0. The average molecular weight is 418 g/mol. The Morgan fingerprint density at radius 3 is 2.43 bits per heavy atom. The molecule has 1 atom stereocenters. The molecule has 2 heterocycles. The summed E-state index contributed by atoms with van der Waals surface area (Å²) in [5.74, 6) is -1.86. The molecule has 0 radical (unpaired) electrons. The van der Waals surface area contributed by atoms with Crippen molar-refractivity contribution >= 4 is 23.3 Å². The van der Waals surface area contributed by atoms with Crippen LogP contribution in [0.2, 0.25) is 0 Å². The van der Waals surface area contributed by atoms with Gasteiger partial charge in [-0.25, -0.2) is 4.79 Å². The van der Waals surface area contributed by atoms with E-state index in [9.17, 15) is 32.9 Å². The largest absolute Gasteiger partial charge is 0.456 e. The number of benzene rings is 2. The molecule has 30 heavy (non-hydrogen) atoms. The third-order valence-electron chi connectivity index (χ3n) is 5.05. The smallest absolute Gasteiger partial charge is 0.416 e. The van der Waals surface area contributed by atoms with E-state index in [-0.39, 0.29) is 35.7 Å². The van der Waals surface area contributed by atoms with Crippen molar-refractivity contribution in [2.75, 3.05) is 11.5 Å². The van der Waals surface area contributed by atoms with E-state index < -0.39 is 34.5 Å². The van der Waals surface area contributed by atoms with Gasteiger partial charge in [0.2, 0.25) is 5.91 Å². The van der Waals surface area contributed by atoms with Gasteiger partial charge in [-0.05, 0) is 29.8 Å². The molecule has 2 aliphatic rings. The highest BCUT2D eigenvalue weighted by Gasteiger charge is 2.43. The Labute approximate surface area is 167 Å². The number of non-ortho nitro benzene ring substituents is 1. The fourth-order valence-electron chi connectivity index (χ4n) is 3.69. The zero-order valence-corrected chi connectivity index (χ0v) is 15.2. The number of ether oxygens (including phenoxy) is 1. The summed E-state index contributed by atoms with van der Waals surface area (Å²) in [6.07, 6.45) is -4.70. The standard InChI is InChI=1S/C20H13F3N2O5/c21-20(22,23)12-4-6-13(7-5-12)24-16-10-30-19(27)18(16)15(9-17(24)26)11-2-1-3-14(8-11)25(28)29/h1-8,15H,9-10H2/t15-/m1/s1. The molecule has 0 aliphatic carbocycles. The lowest BCUT2D eigenvalue weighted by atomic mass is 9.84. The van der Waals surface area contributed by atoms with E-state index in [1.54, 1.807) is 6.07 Å². The number of carbonyl (C=O) groups excluding carboxylic acids is 2. The fourth-order valence-corrected chi connectivity index (χ4v) is 3.69. The summed E-state index contributed by atoms with van der Waals surface area (Å²) in [6, 6.07) is 9.65. The van der Waals surface area contributed by atoms with Gasteiger partial charge >= 0.3 is 12.1 Å². The van der Waals surface area contributed by atoms with Crippen molar-refractivity contribution in [3.8, 4) is 0 Å². The molecule has 0 saturated carbocycles. The van der Waals surface area contributed by atoms with Crippen molar-refractivity contribution in [3.63, 3.8) is 0 Å². The Kier molecular flexibility index (Phi) is 4.56. The summed E-state index contributed by atoms with van der Waals surface area (Å²) in [6.45, 7) is -0.216. The van der Waals surface area contributed by atoms with Crippen LogP contribution in [0.1, 0.15) is 23.5 Å². The Morgan fingerprint density at radius 2 is 1.80 bits per heavy atom. The lowest BCUT2D eigenvalue weighted by molar-refractivity contribution is -0.384. The Bertz CT molecular complexity index is 1090. The normalized spacial score (nSPS) is 19.0. The van der Waals surface area contributed by atoms with Crippen molar-refractivity contribution in [1.29, 1.82) is 0 Å². The lowest BCUT2D eigenvalue weighted by Gasteiger charge is -2.32. The number of rotatable bonds is 3. The Morgan fingerprint density at radius 1 is 1.10 bits per heavy atom.